The van der Waals surface area contributed by atoms with Crippen LogP contribution in [0.15, 0.2) is 42.5 Å². The predicted octanol–water partition coefficient (Wildman–Crippen LogP) is 5.56. The number of rotatable bonds is 3. The van der Waals surface area contributed by atoms with Crippen LogP contribution in [0.5, 0.6) is 11.5 Å². The zero-order valence-electron chi connectivity index (χ0n) is 10.9. The fraction of sp³-hybridized carbons (Fsp3) is 0.250. The molecule has 0 spiro atoms. The number of ether oxygens (including phenoxy) is 1. The molecular weight excluding hydrogens is 244 g/mol. The molecule has 0 fully saturated rings. The minimum Gasteiger partial charge on any atom is -0.456 e. The summed E-state index contributed by atoms with van der Waals surface area (Å²) in [5.74, 6) is 2.08. The van der Waals surface area contributed by atoms with Crippen molar-refractivity contribution in [1.29, 1.82) is 0 Å². The van der Waals surface area contributed by atoms with E-state index in [1.54, 1.807) is 0 Å². The molecule has 0 radical (unpaired) electrons. The van der Waals surface area contributed by atoms with Gasteiger partial charge in [-0.2, -0.15) is 0 Å². The Morgan fingerprint density at radius 3 is 2.22 bits per heavy atom. The van der Waals surface area contributed by atoms with Crippen LogP contribution >= 0.6 is 11.6 Å². The molecule has 0 bridgehead atoms. The highest BCUT2D eigenvalue weighted by atomic mass is 35.5. The summed E-state index contributed by atoms with van der Waals surface area (Å²) in [5, 5.41) is 0.642. The zero-order valence-corrected chi connectivity index (χ0v) is 11.7. The second kappa shape index (κ2) is 5.45. The lowest BCUT2D eigenvalue weighted by molar-refractivity contribution is 0.479. The summed E-state index contributed by atoms with van der Waals surface area (Å²) < 4.78 is 5.84. The van der Waals surface area contributed by atoms with E-state index in [0.717, 1.165) is 17.1 Å². The summed E-state index contributed by atoms with van der Waals surface area (Å²) in [4.78, 5) is 0. The van der Waals surface area contributed by atoms with Gasteiger partial charge in [-0.1, -0.05) is 49.7 Å². The molecule has 0 saturated carbocycles. The highest BCUT2D eigenvalue weighted by Crippen LogP contribution is 2.32. The molecular formula is C16H17ClO. The van der Waals surface area contributed by atoms with E-state index in [2.05, 4.69) is 26.0 Å². The summed E-state index contributed by atoms with van der Waals surface area (Å²) in [6, 6.07) is 13.9. The topological polar surface area (TPSA) is 9.23 Å². The van der Waals surface area contributed by atoms with E-state index in [4.69, 9.17) is 16.3 Å². The first-order chi connectivity index (χ1) is 8.58. The molecule has 18 heavy (non-hydrogen) atoms. The molecule has 0 N–H and O–H groups in total. The van der Waals surface area contributed by atoms with Crippen LogP contribution in [0.3, 0.4) is 0 Å². The van der Waals surface area contributed by atoms with Gasteiger partial charge in [0.15, 0.2) is 0 Å². The Labute approximate surface area is 113 Å². The first kappa shape index (κ1) is 13.0. The van der Waals surface area contributed by atoms with Gasteiger partial charge in [-0.05, 0) is 42.2 Å². The average molecular weight is 261 g/mol. The van der Waals surface area contributed by atoms with Crippen molar-refractivity contribution in [3.05, 3.63) is 58.6 Å². The van der Waals surface area contributed by atoms with Crippen molar-refractivity contribution in [2.45, 2.75) is 26.7 Å². The van der Waals surface area contributed by atoms with Gasteiger partial charge in [0.2, 0.25) is 0 Å². The minimum atomic E-state index is 0.529. The molecule has 1 nitrogen and oxygen atoms in total. The first-order valence-corrected chi connectivity index (χ1v) is 6.48. The van der Waals surface area contributed by atoms with E-state index in [1.165, 1.54) is 5.56 Å². The minimum absolute atomic E-state index is 0.529. The molecule has 0 unspecified atom stereocenters. The van der Waals surface area contributed by atoms with E-state index in [0.29, 0.717) is 10.9 Å². The molecule has 0 aliphatic carbocycles. The third kappa shape index (κ3) is 2.85. The summed E-state index contributed by atoms with van der Waals surface area (Å²) in [6.07, 6.45) is 0. The molecule has 2 rings (SSSR count). The molecule has 0 aliphatic rings. The van der Waals surface area contributed by atoms with Crippen molar-refractivity contribution in [3.63, 3.8) is 0 Å². The van der Waals surface area contributed by atoms with Crippen LogP contribution in [0.1, 0.15) is 30.9 Å². The van der Waals surface area contributed by atoms with Gasteiger partial charge in [0.1, 0.15) is 11.5 Å². The van der Waals surface area contributed by atoms with E-state index in [-0.39, 0.29) is 0 Å². The van der Waals surface area contributed by atoms with Crippen molar-refractivity contribution in [1.82, 2.24) is 0 Å². The third-order valence-corrected chi connectivity index (χ3v) is 3.23. The van der Waals surface area contributed by atoms with Gasteiger partial charge in [-0.15, -0.1) is 0 Å². The molecule has 0 heterocycles. The molecule has 2 heteroatoms. The standard InChI is InChI=1S/C16H17ClO/c1-11(2)13-7-9-14(10-8-13)18-16-12(3)5-4-6-15(16)17/h4-11H,1-3H3. The Kier molecular flexibility index (Phi) is 3.93. The van der Waals surface area contributed by atoms with Gasteiger partial charge in [0.25, 0.3) is 0 Å². The van der Waals surface area contributed by atoms with Crippen LogP contribution in [0.2, 0.25) is 5.02 Å². The molecule has 0 aliphatic heterocycles. The second-order valence-corrected chi connectivity index (χ2v) is 5.12. The maximum Gasteiger partial charge on any atom is 0.148 e. The Bertz CT molecular complexity index is 509. The number of aryl methyl sites for hydroxylation is 1. The molecule has 0 aromatic heterocycles. The molecule has 0 amide bonds. The van der Waals surface area contributed by atoms with Gasteiger partial charge in [-0.3, -0.25) is 0 Å². The number of para-hydroxylation sites is 1. The van der Waals surface area contributed by atoms with Crippen LogP contribution < -0.4 is 4.74 Å². The largest absolute Gasteiger partial charge is 0.456 e. The fourth-order valence-electron chi connectivity index (χ4n) is 1.78. The van der Waals surface area contributed by atoms with Gasteiger partial charge in [0, 0.05) is 0 Å². The Morgan fingerprint density at radius 1 is 1.00 bits per heavy atom. The van der Waals surface area contributed by atoms with Gasteiger partial charge >= 0.3 is 0 Å². The lowest BCUT2D eigenvalue weighted by atomic mass is 10.0. The molecule has 2 aromatic carbocycles. The molecule has 2 aromatic rings. The fourth-order valence-corrected chi connectivity index (χ4v) is 2.04. The molecule has 94 valence electrons. The van der Waals surface area contributed by atoms with Crippen LogP contribution in [0.25, 0.3) is 0 Å². The molecule has 0 atom stereocenters. The van der Waals surface area contributed by atoms with Crippen molar-refractivity contribution < 1.29 is 4.74 Å². The second-order valence-electron chi connectivity index (χ2n) is 4.71. The van der Waals surface area contributed by atoms with Crippen LogP contribution in [-0.4, -0.2) is 0 Å². The quantitative estimate of drug-likeness (QED) is 0.702. The highest BCUT2D eigenvalue weighted by molar-refractivity contribution is 6.32. The number of hydrogen-bond donors (Lipinski definition) is 0. The van der Waals surface area contributed by atoms with E-state index < -0.39 is 0 Å². The first-order valence-electron chi connectivity index (χ1n) is 6.11. The lowest BCUT2D eigenvalue weighted by Crippen LogP contribution is -1.90. The monoisotopic (exact) mass is 260 g/mol. The Hall–Kier alpha value is -1.47. The van der Waals surface area contributed by atoms with Gasteiger partial charge in [-0.25, -0.2) is 0 Å². The summed E-state index contributed by atoms with van der Waals surface area (Å²) in [7, 11) is 0. The Balaban J connectivity index is 2.24. The smallest absolute Gasteiger partial charge is 0.148 e. The highest BCUT2D eigenvalue weighted by Gasteiger charge is 2.06. The van der Waals surface area contributed by atoms with E-state index >= 15 is 0 Å². The average Bonchev–Trinajstić information content (AvgIpc) is 2.34. The van der Waals surface area contributed by atoms with Crippen molar-refractivity contribution in [2.24, 2.45) is 0 Å². The third-order valence-electron chi connectivity index (χ3n) is 2.93. The predicted molar refractivity (Wildman–Crippen MR) is 76.8 cm³/mol. The SMILES string of the molecule is Cc1cccc(Cl)c1Oc1ccc(C(C)C)cc1. The van der Waals surface area contributed by atoms with E-state index in [9.17, 15) is 0 Å². The van der Waals surface area contributed by atoms with Crippen molar-refractivity contribution >= 4 is 11.6 Å². The summed E-state index contributed by atoms with van der Waals surface area (Å²) >= 11 is 6.14. The number of benzene rings is 2. The summed E-state index contributed by atoms with van der Waals surface area (Å²) in [5.41, 5.74) is 2.34. The maximum atomic E-state index is 6.14. The van der Waals surface area contributed by atoms with Crippen LogP contribution in [0.4, 0.5) is 0 Å². The normalized spacial score (nSPS) is 10.7. The number of hydrogen-bond acceptors (Lipinski definition) is 1. The number of halogens is 1. The van der Waals surface area contributed by atoms with Crippen LogP contribution in [0, 0.1) is 6.92 Å². The lowest BCUT2D eigenvalue weighted by Gasteiger charge is -2.11. The maximum absolute atomic E-state index is 6.14. The van der Waals surface area contributed by atoms with Gasteiger partial charge < -0.3 is 4.74 Å². The summed E-state index contributed by atoms with van der Waals surface area (Å²) in [6.45, 7) is 6.34. The van der Waals surface area contributed by atoms with Crippen molar-refractivity contribution in [2.75, 3.05) is 0 Å². The zero-order chi connectivity index (χ0) is 13.1. The van der Waals surface area contributed by atoms with Gasteiger partial charge in [0.05, 0.1) is 5.02 Å². The van der Waals surface area contributed by atoms with Crippen LogP contribution in [-0.2, 0) is 0 Å². The van der Waals surface area contributed by atoms with E-state index in [1.807, 2.05) is 37.3 Å². The Morgan fingerprint density at radius 2 is 1.67 bits per heavy atom. The van der Waals surface area contributed by atoms with Crippen molar-refractivity contribution in [3.8, 4) is 11.5 Å². The molecule has 0 saturated heterocycles.